The number of benzene rings is 3. The first-order valence-electron chi connectivity index (χ1n) is 11.0. The summed E-state index contributed by atoms with van der Waals surface area (Å²) in [4.78, 5) is 4.03. The van der Waals surface area contributed by atoms with Crippen LogP contribution in [0.3, 0.4) is 0 Å². The van der Waals surface area contributed by atoms with E-state index in [-0.39, 0.29) is 41.3 Å². The summed E-state index contributed by atoms with van der Waals surface area (Å²) in [6.07, 6.45) is -7.57. The number of ether oxygens (including phenoxy) is 1. The Balaban J connectivity index is 0.00000420. The molecule has 1 atom stereocenters. The Labute approximate surface area is 224 Å². The van der Waals surface area contributed by atoms with Crippen LogP contribution in [0.2, 0.25) is 0 Å². The minimum atomic E-state index is -4.85. The zero-order valence-corrected chi connectivity index (χ0v) is 20.8. The molecule has 0 saturated carbocycles. The van der Waals surface area contributed by atoms with Crippen LogP contribution in [0.25, 0.3) is 11.1 Å². The number of hydrogen-bond donors (Lipinski definition) is 0. The van der Waals surface area contributed by atoms with Crippen molar-refractivity contribution in [2.75, 3.05) is 0 Å². The zero-order valence-electron chi connectivity index (χ0n) is 20.0. The van der Waals surface area contributed by atoms with Gasteiger partial charge in [-0.1, -0.05) is 30.3 Å². The zero-order chi connectivity index (χ0) is 27.7. The standard InChI is InChI=1S/C27H18F7N3O.ClH/c1-37-15-36-13-24(37)25(38-14-16-6-9-22(23(28)10-16)27(32,33)34)17-7-8-18(12-35)20(11-17)19-4-2-3-5-21(19)26(29,30)31;/h2-11,13,15,25H,14H2,1H3;1H. The molecule has 0 fully saturated rings. The van der Waals surface area contributed by atoms with Crippen LogP contribution in [0, 0.1) is 17.1 Å². The van der Waals surface area contributed by atoms with Gasteiger partial charge in [-0.25, -0.2) is 9.37 Å². The molecule has 1 heterocycles. The van der Waals surface area contributed by atoms with Crippen molar-refractivity contribution in [1.29, 1.82) is 5.26 Å². The maximum Gasteiger partial charge on any atom is 0.419 e. The van der Waals surface area contributed by atoms with Gasteiger partial charge in [0.15, 0.2) is 0 Å². The summed E-state index contributed by atoms with van der Waals surface area (Å²) in [5, 5.41) is 9.60. The Hall–Kier alpha value is -3.88. The molecule has 0 spiro atoms. The number of nitriles is 1. The van der Waals surface area contributed by atoms with E-state index in [1.165, 1.54) is 48.9 Å². The van der Waals surface area contributed by atoms with Crippen LogP contribution in [0.1, 0.15) is 39.6 Å². The topological polar surface area (TPSA) is 50.8 Å². The third kappa shape index (κ3) is 6.41. The molecule has 3 aromatic carbocycles. The van der Waals surface area contributed by atoms with E-state index in [0.717, 1.165) is 12.1 Å². The summed E-state index contributed by atoms with van der Waals surface area (Å²) in [6, 6.07) is 13.4. The van der Waals surface area contributed by atoms with Gasteiger partial charge < -0.3 is 9.30 Å². The van der Waals surface area contributed by atoms with Crippen LogP contribution in [-0.4, -0.2) is 9.55 Å². The highest BCUT2D eigenvalue weighted by molar-refractivity contribution is 5.85. The first-order valence-corrected chi connectivity index (χ1v) is 11.0. The van der Waals surface area contributed by atoms with Gasteiger partial charge in [-0.3, -0.25) is 0 Å². The first-order chi connectivity index (χ1) is 17.9. The van der Waals surface area contributed by atoms with E-state index in [9.17, 15) is 36.0 Å². The molecule has 0 aliphatic rings. The molecule has 0 radical (unpaired) electrons. The van der Waals surface area contributed by atoms with Gasteiger partial charge in [0.1, 0.15) is 11.9 Å². The highest BCUT2D eigenvalue weighted by atomic mass is 35.5. The fraction of sp³-hybridized carbons (Fsp3) is 0.185. The van der Waals surface area contributed by atoms with E-state index < -0.39 is 35.4 Å². The number of alkyl halides is 6. The summed E-state index contributed by atoms with van der Waals surface area (Å²) in [7, 11) is 1.65. The summed E-state index contributed by atoms with van der Waals surface area (Å²) in [5.74, 6) is -1.46. The quantitative estimate of drug-likeness (QED) is 0.222. The molecule has 39 heavy (non-hydrogen) atoms. The molecule has 204 valence electrons. The molecule has 4 nitrogen and oxygen atoms in total. The number of imidazole rings is 1. The smallest absolute Gasteiger partial charge is 0.363 e. The normalized spacial score (nSPS) is 12.5. The monoisotopic (exact) mass is 569 g/mol. The van der Waals surface area contributed by atoms with Crippen LogP contribution in [0.15, 0.2) is 73.2 Å². The molecule has 4 aromatic rings. The number of nitrogens with zero attached hydrogens (tertiary/aromatic N) is 3. The second kappa shape index (κ2) is 11.5. The van der Waals surface area contributed by atoms with Gasteiger partial charge in [0.05, 0.1) is 47.6 Å². The maximum atomic E-state index is 14.1. The Morgan fingerprint density at radius 1 is 0.923 bits per heavy atom. The Morgan fingerprint density at radius 2 is 1.62 bits per heavy atom. The molecule has 0 bridgehead atoms. The lowest BCUT2D eigenvalue weighted by Crippen LogP contribution is -2.12. The van der Waals surface area contributed by atoms with E-state index >= 15 is 0 Å². The number of rotatable bonds is 6. The van der Waals surface area contributed by atoms with Crippen LogP contribution in [0.5, 0.6) is 0 Å². The third-order valence-corrected chi connectivity index (χ3v) is 5.87. The summed E-state index contributed by atoms with van der Waals surface area (Å²) in [5.41, 5.74) is -1.58. The van der Waals surface area contributed by atoms with Gasteiger partial charge in [-0.15, -0.1) is 12.4 Å². The van der Waals surface area contributed by atoms with Crippen molar-refractivity contribution >= 4 is 12.4 Å². The van der Waals surface area contributed by atoms with Gasteiger partial charge >= 0.3 is 12.4 Å². The van der Waals surface area contributed by atoms with Gasteiger partial charge in [0.2, 0.25) is 0 Å². The fourth-order valence-electron chi connectivity index (χ4n) is 4.04. The number of aryl methyl sites for hydroxylation is 1. The van der Waals surface area contributed by atoms with E-state index in [4.69, 9.17) is 4.74 Å². The highest BCUT2D eigenvalue weighted by Gasteiger charge is 2.35. The van der Waals surface area contributed by atoms with Crippen LogP contribution < -0.4 is 0 Å². The SMILES string of the molecule is Cl.Cn1cncc1C(OCc1ccc(C(F)(F)F)c(F)c1)c1ccc(C#N)c(-c2ccccc2C(F)(F)F)c1. The van der Waals surface area contributed by atoms with Crippen LogP contribution in [-0.2, 0) is 30.7 Å². The molecule has 1 unspecified atom stereocenters. The fourth-order valence-corrected chi connectivity index (χ4v) is 4.04. The van der Waals surface area contributed by atoms with Crippen molar-refractivity contribution in [3.8, 4) is 17.2 Å². The predicted molar refractivity (Wildman–Crippen MR) is 130 cm³/mol. The van der Waals surface area contributed by atoms with Crippen molar-refractivity contribution in [1.82, 2.24) is 9.55 Å². The molecular weight excluding hydrogens is 551 g/mol. The average Bonchev–Trinajstić information content (AvgIpc) is 3.28. The summed E-state index contributed by atoms with van der Waals surface area (Å²) < 4.78 is 102. The van der Waals surface area contributed by atoms with Crippen molar-refractivity contribution < 1.29 is 35.5 Å². The Bertz CT molecular complexity index is 1510. The molecule has 0 saturated heterocycles. The van der Waals surface area contributed by atoms with Crippen LogP contribution >= 0.6 is 12.4 Å². The third-order valence-electron chi connectivity index (χ3n) is 5.87. The van der Waals surface area contributed by atoms with Crippen molar-refractivity contribution in [2.24, 2.45) is 7.05 Å². The first kappa shape index (κ1) is 29.7. The number of aromatic nitrogens is 2. The lowest BCUT2D eigenvalue weighted by Gasteiger charge is -2.21. The van der Waals surface area contributed by atoms with E-state index in [1.807, 2.05) is 6.07 Å². The maximum absolute atomic E-state index is 14.1. The summed E-state index contributed by atoms with van der Waals surface area (Å²) in [6.45, 7) is -0.320. The number of hydrogen-bond acceptors (Lipinski definition) is 3. The molecular formula is C27H19ClF7N3O. The van der Waals surface area contributed by atoms with E-state index in [1.54, 1.807) is 11.6 Å². The Kier molecular flexibility index (Phi) is 8.73. The lowest BCUT2D eigenvalue weighted by molar-refractivity contribution is -0.140. The largest absolute Gasteiger partial charge is 0.419 e. The minimum Gasteiger partial charge on any atom is -0.363 e. The molecule has 0 aliphatic carbocycles. The van der Waals surface area contributed by atoms with Gasteiger partial charge in [0, 0.05) is 12.6 Å². The second-order valence-electron chi connectivity index (χ2n) is 8.39. The lowest BCUT2D eigenvalue weighted by atomic mass is 9.92. The number of halogens is 8. The van der Waals surface area contributed by atoms with Crippen molar-refractivity contribution in [3.63, 3.8) is 0 Å². The molecule has 12 heteroatoms. The molecule has 0 N–H and O–H groups in total. The van der Waals surface area contributed by atoms with Gasteiger partial charge in [0.25, 0.3) is 0 Å². The molecule has 1 aromatic heterocycles. The Morgan fingerprint density at radius 3 is 2.21 bits per heavy atom. The summed E-state index contributed by atoms with van der Waals surface area (Å²) >= 11 is 0. The highest BCUT2D eigenvalue weighted by Crippen LogP contribution is 2.40. The minimum absolute atomic E-state index is 0. The van der Waals surface area contributed by atoms with Crippen LogP contribution in [0.4, 0.5) is 30.7 Å². The van der Waals surface area contributed by atoms with E-state index in [0.29, 0.717) is 23.4 Å². The van der Waals surface area contributed by atoms with E-state index in [2.05, 4.69) is 4.98 Å². The molecule has 0 amide bonds. The van der Waals surface area contributed by atoms with Gasteiger partial charge in [-0.2, -0.15) is 31.6 Å². The van der Waals surface area contributed by atoms with Crippen molar-refractivity contribution in [3.05, 3.63) is 113 Å². The van der Waals surface area contributed by atoms with Gasteiger partial charge in [-0.05, 0) is 47.0 Å². The molecule has 0 aliphatic heterocycles. The molecule has 4 rings (SSSR count). The second-order valence-corrected chi connectivity index (χ2v) is 8.39. The predicted octanol–water partition coefficient (Wildman–Crippen LogP) is 7.86. The average molecular weight is 570 g/mol. The van der Waals surface area contributed by atoms with Crippen molar-refractivity contribution in [2.45, 2.75) is 25.1 Å².